The zero-order valence-electron chi connectivity index (χ0n) is 7.29. The number of thioether (sulfide) groups is 1. The van der Waals surface area contributed by atoms with Gasteiger partial charge in [-0.15, -0.1) is 0 Å². The van der Waals surface area contributed by atoms with E-state index in [0.717, 1.165) is 26.3 Å². The van der Waals surface area contributed by atoms with Crippen molar-refractivity contribution in [3.8, 4) is 0 Å². The number of nitrogens with zero attached hydrogens (tertiary/aromatic N) is 1. The number of ether oxygens (including phenoxy) is 1. The minimum atomic E-state index is 0.716. The van der Waals surface area contributed by atoms with E-state index in [-0.39, 0.29) is 0 Å². The molecule has 0 bridgehead atoms. The molecule has 0 spiro atoms. The standard InChI is InChI=1S/C8H16N2OS/c1-6-12-7-8(1)9-10-2-4-11-5-3-10/h8-9H,1-7H2. The van der Waals surface area contributed by atoms with Crippen molar-refractivity contribution < 1.29 is 4.74 Å². The summed E-state index contributed by atoms with van der Waals surface area (Å²) in [5, 5.41) is 2.31. The summed E-state index contributed by atoms with van der Waals surface area (Å²) in [6.07, 6.45) is 1.32. The molecule has 70 valence electrons. The van der Waals surface area contributed by atoms with Gasteiger partial charge in [-0.3, -0.25) is 5.43 Å². The summed E-state index contributed by atoms with van der Waals surface area (Å²) in [6, 6.07) is 0.716. The van der Waals surface area contributed by atoms with Gasteiger partial charge in [0.25, 0.3) is 0 Å². The van der Waals surface area contributed by atoms with Gasteiger partial charge in [0.05, 0.1) is 13.2 Å². The summed E-state index contributed by atoms with van der Waals surface area (Å²) in [5.74, 6) is 2.60. The molecule has 2 saturated heterocycles. The minimum Gasteiger partial charge on any atom is -0.379 e. The number of morpholine rings is 1. The molecule has 1 atom stereocenters. The van der Waals surface area contributed by atoms with Crippen molar-refractivity contribution in [3.63, 3.8) is 0 Å². The average molecular weight is 188 g/mol. The van der Waals surface area contributed by atoms with Crippen molar-refractivity contribution in [3.05, 3.63) is 0 Å². The Kier molecular flexibility index (Phi) is 3.28. The molecule has 1 N–H and O–H groups in total. The first-order valence-electron chi connectivity index (χ1n) is 4.62. The molecular weight excluding hydrogens is 172 g/mol. The molecule has 0 aliphatic carbocycles. The summed E-state index contributed by atoms with van der Waals surface area (Å²) in [6.45, 7) is 3.85. The molecule has 0 aromatic rings. The predicted octanol–water partition coefficient (Wildman–Crippen LogP) is 0.329. The number of hydrogen-bond acceptors (Lipinski definition) is 4. The van der Waals surface area contributed by atoms with Crippen LogP contribution in [0, 0.1) is 0 Å². The van der Waals surface area contributed by atoms with E-state index in [9.17, 15) is 0 Å². The normalized spacial score (nSPS) is 32.5. The lowest BCUT2D eigenvalue weighted by Gasteiger charge is -2.29. The van der Waals surface area contributed by atoms with E-state index >= 15 is 0 Å². The molecule has 0 saturated carbocycles. The zero-order chi connectivity index (χ0) is 8.23. The number of rotatable bonds is 2. The second kappa shape index (κ2) is 4.46. The first-order chi connectivity index (χ1) is 5.95. The van der Waals surface area contributed by atoms with E-state index in [4.69, 9.17) is 4.74 Å². The monoisotopic (exact) mass is 188 g/mol. The molecule has 3 nitrogen and oxygen atoms in total. The molecule has 1 unspecified atom stereocenters. The first-order valence-corrected chi connectivity index (χ1v) is 5.77. The van der Waals surface area contributed by atoms with Gasteiger partial charge in [0.2, 0.25) is 0 Å². The van der Waals surface area contributed by atoms with Gasteiger partial charge in [0.1, 0.15) is 0 Å². The lowest BCUT2D eigenvalue weighted by Crippen LogP contribution is -2.50. The average Bonchev–Trinajstić information content (AvgIpc) is 2.59. The van der Waals surface area contributed by atoms with Crippen LogP contribution in [-0.4, -0.2) is 48.9 Å². The number of hydrogen-bond donors (Lipinski definition) is 1. The SMILES string of the molecule is C1CN(NC2CCSC2)CCO1. The van der Waals surface area contributed by atoms with Crippen LogP contribution in [0.2, 0.25) is 0 Å². The lowest BCUT2D eigenvalue weighted by atomic mass is 10.3. The van der Waals surface area contributed by atoms with Crippen LogP contribution in [-0.2, 0) is 4.74 Å². The third-order valence-corrected chi connectivity index (χ3v) is 3.47. The molecule has 0 radical (unpaired) electrons. The summed E-state index contributed by atoms with van der Waals surface area (Å²) < 4.78 is 5.28. The Bertz CT molecular complexity index is 133. The fourth-order valence-corrected chi connectivity index (χ4v) is 2.73. The van der Waals surface area contributed by atoms with Gasteiger partial charge in [-0.05, 0) is 12.2 Å². The fourth-order valence-electron chi connectivity index (χ4n) is 1.59. The van der Waals surface area contributed by atoms with Crippen LogP contribution in [0.4, 0.5) is 0 Å². The third kappa shape index (κ3) is 2.36. The van der Waals surface area contributed by atoms with Crippen LogP contribution in [0.5, 0.6) is 0 Å². The molecule has 2 aliphatic heterocycles. The van der Waals surface area contributed by atoms with Crippen LogP contribution < -0.4 is 5.43 Å². The molecule has 0 amide bonds. The molecule has 4 heteroatoms. The molecule has 2 aliphatic rings. The van der Waals surface area contributed by atoms with Crippen molar-refractivity contribution in [2.24, 2.45) is 0 Å². The van der Waals surface area contributed by atoms with Gasteiger partial charge in [-0.1, -0.05) is 0 Å². The topological polar surface area (TPSA) is 24.5 Å². The quantitative estimate of drug-likeness (QED) is 0.675. The van der Waals surface area contributed by atoms with Gasteiger partial charge in [0.15, 0.2) is 0 Å². The van der Waals surface area contributed by atoms with Crippen molar-refractivity contribution in [1.29, 1.82) is 0 Å². The number of hydrazine groups is 1. The van der Waals surface area contributed by atoms with Crippen LogP contribution >= 0.6 is 11.8 Å². The van der Waals surface area contributed by atoms with Crippen molar-refractivity contribution in [2.75, 3.05) is 37.8 Å². The molecule has 0 aromatic heterocycles. The van der Waals surface area contributed by atoms with E-state index in [1.54, 1.807) is 0 Å². The second-order valence-electron chi connectivity index (χ2n) is 3.29. The van der Waals surface area contributed by atoms with Crippen molar-refractivity contribution >= 4 is 11.8 Å². The fraction of sp³-hybridized carbons (Fsp3) is 1.00. The second-order valence-corrected chi connectivity index (χ2v) is 4.44. The van der Waals surface area contributed by atoms with Crippen LogP contribution in [0.3, 0.4) is 0 Å². The van der Waals surface area contributed by atoms with Crippen LogP contribution in [0.1, 0.15) is 6.42 Å². The van der Waals surface area contributed by atoms with Gasteiger partial charge in [-0.2, -0.15) is 11.8 Å². The maximum absolute atomic E-state index is 5.28. The Balaban J connectivity index is 1.69. The summed E-state index contributed by atoms with van der Waals surface area (Å²) in [7, 11) is 0. The highest BCUT2D eigenvalue weighted by Gasteiger charge is 2.19. The summed E-state index contributed by atoms with van der Waals surface area (Å²) >= 11 is 2.05. The first kappa shape index (κ1) is 8.81. The number of nitrogens with one attached hydrogen (secondary N) is 1. The minimum absolute atomic E-state index is 0.716. The van der Waals surface area contributed by atoms with Gasteiger partial charge >= 0.3 is 0 Å². The molecule has 2 fully saturated rings. The molecule has 2 rings (SSSR count). The zero-order valence-corrected chi connectivity index (χ0v) is 8.11. The summed E-state index contributed by atoms with van der Waals surface area (Å²) in [5.41, 5.74) is 3.55. The predicted molar refractivity (Wildman–Crippen MR) is 51.3 cm³/mol. The molecule has 12 heavy (non-hydrogen) atoms. The Morgan fingerprint density at radius 3 is 2.83 bits per heavy atom. The van der Waals surface area contributed by atoms with E-state index in [1.165, 1.54) is 17.9 Å². The van der Waals surface area contributed by atoms with E-state index in [1.807, 2.05) is 0 Å². The van der Waals surface area contributed by atoms with E-state index in [2.05, 4.69) is 22.2 Å². The highest BCUT2D eigenvalue weighted by Crippen LogP contribution is 2.17. The van der Waals surface area contributed by atoms with E-state index < -0.39 is 0 Å². The molecule has 0 aromatic carbocycles. The highest BCUT2D eigenvalue weighted by atomic mass is 32.2. The Hall–Kier alpha value is 0.230. The van der Waals surface area contributed by atoms with Crippen molar-refractivity contribution in [1.82, 2.24) is 10.4 Å². The maximum Gasteiger partial charge on any atom is 0.0608 e. The lowest BCUT2D eigenvalue weighted by molar-refractivity contribution is 0.00567. The molecular formula is C8H16N2OS. The third-order valence-electron chi connectivity index (χ3n) is 2.31. The van der Waals surface area contributed by atoms with Gasteiger partial charge in [0, 0.05) is 24.9 Å². The van der Waals surface area contributed by atoms with Crippen molar-refractivity contribution in [2.45, 2.75) is 12.5 Å². The Morgan fingerprint density at radius 2 is 2.17 bits per heavy atom. The van der Waals surface area contributed by atoms with Crippen LogP contribution in [0.25, 0.3) is 0 Å². The highest BCUT2D eigenvalue weighted by molar-refractivity contribution is 7.99. The van der Waals surface area contributed by atoms with E-state index in [0.29, 0.717) is 6.04 Å². The Labute approximate surface area is 77.8 Å². The maximum atomic E-state index is 5.28. The van der Waals surface area contributed by atoms with Gasteiger partial charge < -0.3 is 4.74 Å². The Morgan fingerprint density at radius 1 is 1.33 bits per heavy atom. The van der Waals surface area contributed by atoms with Crippen LogP contribution in [0.15, 0.2) is 0 Å². The largest absolute Gasteiger partial charge is 0.379 e. The summed E-state index contributed by atoms with van der Waals surface area (Å²) in [4.78, 5) is 0. The van der Waals surface area contributed by atoms with Gasteiger partial charge in [-0.25, -0.2) is 5.01 Å². The molecule has 2 heterocycles. The smallest absolute Gasteiger partial charge is 0.0608 e.